The molecule has 2 fully saturated rings. The monoisotopic (exact) mass is 451 g/mol. The standard InChI is InChI=1S/C29H35F2NO/c1-4-18-5-6-22-14-23(12-11-21(22)13-18)24-15-25(30)27(26(31)16-24)19-7-9-20(10-8-19)28-32-29(2,3)17-33-28/h7-10,15-16,18,21-23H,4-6,11-14,17H2,1-3H3. The second kappa shape index (κ2) is 8.85. The minimum atomic E-state index is -0.467. The lowest BCUT2D eigenvalue weighted by atomic mass is 9.63. The Morgan fingerprint density at radius 2 is 1.55 bits per heavy atom. The van der Waals surface area contributed by atoms with Crippen LogP contribution in [-0.2, 0) is 4.74 Å². The van der Waals surface area contributed by atoms with Gasteiger partial charge in [-0.3, -0.25) is 0 Å². The zero-order chi connectivity index (χ0) is 23.2. The molecule has 4 heteroatoms. The molecule has 0 aromatic heterocycles. The SMILES string of the molecule is CCC1CCC2CC(c3cc(F)c(-c4ccc(C5=NC(C)(C)CO5)cc4)c(F)c3)CCC2C1. The largest absolute Gasteiger partial charge is 0.475 e. The van der Waals surface area contributed by atoms with Gasteiger partial charge in [0.1, 0.15) is 18.2 Å². The molecule has 0 saturated heterocycles. The summed E-state index contributed by atoms with van der Waals surface area (Å²) in [5.74, 6) is 2.33. The van der Waals surface area contributed by atoms with Crippen molar-refractivity contribution in [3.63, 3.8) is 0 Å². The third-order valence-corrected chi connectivity index (χ3v) is 8.22. The van der Waals surface area contributed by atoms with Gasteiger partial charge in [0.25, 0.3) is 0 Å². The van der Waals surface area contributed by atoms with Crippen molar-refractivity contribution in [1.29, 1.82) is 0 Å². The van der Waals surface area contributed by atoms with Gasteiger partial charge in [0.05, 0.1) is 11.1 Å². The van der Waals surface area contributed by atoms with E-state index in [0.29, 0.717) is 18.1 Å². The summed E-state index contributed by atoms with van der Waals surface area (Å²) in [6.45, 7) is 6.87. The first-order valence-electron chi connectivity index (χ1n) is 12.7. The maximum atomic E-state index is 15.2. The number of fused-ring (bicyclic) bond motifs is 1. The molecule has 2 aromatic rings. The van der Waals surface area contributed by atoms with E-state index in [9.17, 15) is 0 Å². The van der Waals surface area contributed by atoms with Crippen LogP contribution in [0.1, 0.15) is 82.8 Å². The average molecular weight is 452 g/mol. The molecule has 0 radical (unpaired) electrons. The minimum Gasteiger partial charge on any atom is -0.475 e. The Morgan fingerprint density at radius 1 is 0.909 bits per heavy atom. The first-order valence-corrected chi connectivity index (χ1v) is 12.7. The molecule has 1 aliphatic heterocycles. The average Bonchev–Trinajstić information content (AvgIpc) is 3.18. The van der Waals surface area contributed by atoms with Gasteiger partial charge >= 0.3 is 0 Å². The second-order valence-electron chi connectivity index (χ2n) is 11.1. The molecule has 2 saturated carbocycles. The summed E-state index contributed by atoms with van der Waals surface area (Å²) < 4.78 is 36.1. The molecule has 0 amide bonds. The summed E-state index contributed by atoms with van der Waals surface area (Å²) in [6, 6.07) is 10.3. The van der Waals surface area contributed by atoms with Crippen LogP contribution in [0.15, 0.2) is 41.4 Å². The zero-order valence-electron chi connectivity index (χ0n) is 20.0. The van der Waals surface area contributed by atoms with Crippen LogP contribution in [0.5, 0.6) is 0 Å². The normalized spacial score (nSPS) is 28.7. The van der Waals surface area contributed by atoms with Crippen LogP contribution in [0.25, 0.3) is 11.1 Å². The molecule has 0 N–H and O–H groups in total. The molecular formula is C29H35F2NO. The van der Waals surface area contributed by atoms with Crippen molar-refractivity contribution < 1.29 is 13.5 Å². The van der Waals surface area contributed by atoms with Crippen LogP contribution in [-0.4, -0.2) is 18.0 Å². The van der Waals surface area contributed by atoms with E-state index < -0.39 is 11.6 Å². The van der Waals surface area contributed by atoms with E-state index in [2.05, 4.69) is 11.9 Å². The Hall–Kier alpha value is -2.23. The molecule has 5 rings (SSSR count). The van der Waals surface area contributed by atoms with E-state index in [1.54, 1.807) is 24.3 Å². The van der Waals surface area contributed by atoms with Crippen molar-refractivity contribution in [2.24, 2.45) is 22.7 Å². The highest BCUT2D eigenvalue weighted by Crippen LogP contribution is 2.48. The highest BCUT2D eigenvalue weighted by Gasteiger charge is 2.36. The van der Waals surface area contributed by atoms with E-state index >= 15 is 8.78 Å². The fourth-order valence-corrected chi connectivity index (χ4v) is 6.28. The van der Waals surface area contributed by atoms with E-state index in [4.69, 9.17) is 4.74 Å². The number of hydrogen-bond donors (Lipinski definition) is 0. The Morgan fingerprint density at radius 3 is 2.18 bits per heavy atom. The number of hydrogen-bond acceptors (Lipinski definition) is 2. The fraction of sp³-hybridized carbons (Fsp3) is 0.552. The highest BCUT2D eigenvalue weighted by molar-refractivity contribution is 5.95. The van der Waals surface area contributed by atoms with Crippen LogP contribution < -0.4 is 0 Å². The van der Waals surface area contributed by atoms with Crippen LogP contribution >= 0.6 is 0 Å². The maximum absolute atomic E-state index is 15.2. The van der Waals surface area contributed by atoms with Gasteiger partial charge in [0.15, 0.2) is 0 Å². The molecule has 2 aliphatic carbocycles. The number of aliphatic imine (C=N–C) groups is 1. The number of ether oxygens (including phenoxy) is 1. The molecule has 0 spiro atoms. The van der Waals surface area contributed by atoms with Crippen molar-refractivity contribution in [3.05, 3.63) is 59.2 Å². The van der Waals surface area contributed by atoms with Crippen LogP contribution in [0.2, 0.25) is 0 Å². The maximum Gasteiger partial charge on any atom is 0.216 e. The predicted octanol–water partition coefficient (Wildman–Crippen LogP) is 7.90. The molecule has 176 valence electrons. The third-order valence-electron chi connectivity index (χ3n) is 8.22. The molecule has 0 bridgehead atoms. The Labute approximate surface area is 196 Å². The molecule has 3 aliphatic rings. The smallest absolute Gasteiger partial charge is 0.216 e. The lowest BCUT2D eigenvalue weighted by molar-refractivity contribution is 0.116. The van der Waals surface area contributed by atoms with Gasteiger partial charge in [-0.1, -0.05) is 31.9 Å². The van der Waals surface area contributed by atoms with E-state index in [1.807, 2.05) is 26.0 Å². The Kier molecular flexibility index (Phi) is 6.05. The molecule has 1 heterocycles. The zero-order valence-corrected chi connectivity index (χ0v) is 20.0. The van der Waals surface area contributed by atoms with Gasteiger partial charge in [-0.05, 0) is 105 Å². The minimum absolute atomic E-state index is 0.0528. The molecular weight excluding hydrogens is 416 g/mol. The van der Waals surface area contributed by atoms with Crippen molar-refractivity contribution in [2.75, 3.05) is 6.61 Å². The summed E-state index contributed by atoms with van der Waals surface area (Å²) in [6.07, 6.45) is 8.54. The predicted molar refractivity (Wildman–Crippen MR) is 130 cm³/mol. The van der Waals surface area contributed by atoms with Gasteiger partial charge in [-0.15, -0.1) is 0 Å². The van der Waals surface area contributed by atoms with E-state index in [-0.39, 0.29) is 17.0 Å². The number of nitrogens with zero attached hydrogens (tertiary/aromatic N) is 1. The lowest BCUT2D eigenvalue weighted by Gasteiger charge is -2.42. The summed E-state index contributed by atoms with van der Waals surface area (Å²) in [5.41, 5.74) is 2.02. The second-order valence-corrected chi connectivity index (χ2v) is 11.1. The summed E-state index contributed by atoms with van der Waals surface area (Å²) in [4.78, 5) is 4.58. The van der Waals surface area contributed by atoms with Gasteiger partial charge in [0.2, 0.25) is 5.90 Å². The van der Waals surface area contributed by atoms with Gasteiger partial charge in [0, 0.05) is 5.56 Å². The summed E-state index contributed by atoms with van der Waals surface area (Å²) in [5, 5.41) is 0. The first-order chi connectivity index (χ1) is 15.8. The van der Waals surface area contributed by atoms with E-state index in [0.717, 1.165) is 41.7 Å². The van der Waals surface area contributed by atoms with Crippen molar-refractivity contribution in [3.8, 4) is 11.1 Å². The molecule has 4 unspecified atom stereocenters. The Bertz CT molecular complexity index is 1020. The molecule has 2 nitrogen and oxygen atoms in total. The van der Waals surface area contributed by atoms with Crippen molar-refractivity contribution >= 4 is 5.90 Å². The van der Waals surface area contributed by atoms with Crippen molar-refractivity contribution in [2.45, 2.75) is 77.2 Å². The topological polar surface area (TPSA) is 21.6 Å². The van der Waals surface area contributed by atoms with Gasteiger partial charge in [-0.25, -0.2) is 13.8 Å². The van der Waals surface area contributed by atoms with Crippen LogP contribution in [0.4, 0.5) is 8.78 Å². The molecule has 2 aromatic carbocycles. The van der Waals surface area contributed by atoms with E-state index in [1.165, 1.54) is 32.1 Å². The number of rotatable bonds is 4. The number of benzene rings is 2. The molecule has 33 heavy (non-hydrogen) atoms. The van der Waals surface area contributed by atoms with Crippen LogP contribution in [0, 0.1) is 29.4 Å². The van der Waals surface area contributed by atoms with Crippen LogP contribution in [0.3, 0.4) is 0 Å². The first kappa shape index (κ1) is 22.6. The Balaban J connectivity index is 1.33. The van der Waals surface area contributed by atoms with Gasteiger partial charge in [-0.2, -0.15) is 0 Å². The lowest BCUT2D eigenvalue weighted by Crippen LogP contribution is -2.30. The summed E-state index contributed by atoms with van der Waals surface area (Å²) >= 11 is 0. The number of halogens is 2. The quantitative estimate of drug-likeness (QED) is 0.463. The summed E-state index contributed by atoms with van der Waals surface area (Å²) in [7, 11) is 0. The van der Waals surface area contributed by atoms with Gasteiger partial charge < -0.3 is 4.74 Å². The fourth-order valence-electron chi connectivity index (χ4n) is 6.28. The molecule has 4 atom stereocenters. The third kappa shape index (κ3) is 4.58. The van der Waals surface area contributed by atoms with Crippen molar-refractivity contribution in [1.82, 2.24) is 0 Å². The highest BCUT2D eigenvalue weighted by atomic mass is 19.1.